The van der Waals surface area contributed by atoms with Gasteiger partial charge in [0.25, 0.3) is 0 Å². The number of nitrogens with zero attached hydrogens (tertiary/aromatic N) is 4. The Morgan fingerprint density at radius 3 is 1.75 bits per heavy atom. The lowest BCUT2D eigenvalue weighted by atomic mass is 9.95. The van der Waals surface area contributed by atoms with Gasteiger partial charge in [-0.15, -0.1) is 0 Å². The molecule has 3 heterocycles. The maximum atomic E-state index is 8.98. The number of aromatic nitrogens is 4. The average Bonchev–Trinajstić information content (AvgIpc) is 3.90. The van der Waals surface area contributed by atoms with Crippen molar-refractivity contribution in [3.05, 3.63) is 194 Å². The predicted octanol–water partition coefficient (Wildman–Crippen LogP) is 13.2. The molecule has 0 spiro atoms. The summed E-state index contributed by atoms with van der Waals surface area (Å²) in [5, 5.41) is 3.02. The first-order chi connectivity index (χ1) is 31.9. The molecule has 56 heavy (non-hydrogen) atoms. The van der Waals surface area contributed by atoms with Gasteiger partial charge in [0.1, 0.15) is 11.2 Å². The Morgan fingerprint density at radius 2 is 1.02 bits per heavy atom. The smallest absolute Gasteiger partial charge is 0.166 e. The Bertz CT molecular complexity index is 3740. The van der Waals surface area contributed by atoms with Crippen molar-refractivity contribution < 1.29 is 18.1 Å². The molecule has 5 nitrogen and oxygen atoms in total. The van der Waals surface area contributed by atoms with E-state index in [1.807, 2.05) is 84.9 Å². The van der Waals surface area contributed by atoms with Crippen LogP contribution < -0.4 is 0 Å². The van der Waals surface area contributed by atoms with E-state index in [1.54, 1.807) is 18.2 Å². The first kappa shape index (κ1) is 23.2. The third-order valence-corrected chi connectivity index (χ3v) is 10.0. The van der Waals surface area contributed by atoms with Gasteiger partial charge >= 0.3 is 0 Å². The third-order valence-electron chi connectivity index (χ3n) is 10.0. The van der Waals surface area contributed by atoms with Gasteiger partial charge in [0, 0.05) is 43.8 Å². The molecule has 0 saturated carbocycles. The zero-order valence-electron chi connectivity index (χ0n) is 39.4. The molecule has 0 aliphatic rings. The van der Waals surface area contributed by atoms with Crippen molar-refractivity contribution in [1.82, 2.24) is 19.5 Å². The van der Waals surface area contributed by atoms with Gasteiger partial charge < -0.3 is 8.98 Å². The zero-order chi connectivity index (χ0) is 45.7. The minimum Gasteiger partial charge on any atom is -0.455 e. The van der Waals surface area contributed by atoms with E-state index < -0.39 is 60.4 Å². The van der Waals surface area contributed by atoms with Crippen molar-refractivity contribution in [3.63, 3.8) is 0 Å². The number of para-hydroxylation sites is 3. The van der Waals surface area contributed by atoms with Gasteiger partial charge in [0.05, 0.1) is 30.4 Å². The van der Waals surface area contributed by atoms with E-state index in [0.717, 1.165) is 38.6 Å². The molecule has 0 aliphatic carbocycles. The number of hydrogen-bond donors (Lipinski definition) is 0. The van der Waals surface area contributed by atoms with Gasteiger partial charge in [0.15, 0.2) is 17.5 Å². The summed E-state index contributed by atoms with van der Waals surface area (Å²) in [5.74, 6) is 1.03. The Labute approximate surface area is 336 Å². The first-order valence-corrected chi connectivity index (χ1v) is 18.0. The number of fused-ring (bicyclic) bond motifs is 6. The maximum Gasteiger partial charge on any atom is 0.166 e. The van der Waals surface area contributed by atoms with Gasteiger partial charge in [-0.2, -0.15) is 0 Å². The number of furan rings is 1. The molecule has 0 fully saturated rings. The van der Waals surface area contributed by atoms with Crippen LogP contribution in [0.15, 0.2) is 198 Å². The van der Waals surface area contributed by atoms with Crippen LogP contribution in [-0.4, -0.2) is 19.5 Å². The van der Waals surface area contributed by atoms with E-state index in [1.165, 1.54) is 6.07 Å². The number of hydrogen-bond acceptors (Lipinski definition) is 4. The van der Waals surface area contributed by atoms with Crippen molar-refractivity contribution in [1.29, 1.82) is 0 Å². The minimum atomic E-state index is -0.585. The summed E-state index contributed by atoms with van der Waals surface area (Å²) < 4.78 is 95.3. The summed E-state index contributed by atoms with van der Waals surface area (Å²) >= 11 is 0. The monoisotopic (exact) mass is 726 g/mol. The lowest BCUT2D eigenvalue weighted by molar-refractivity contribution is 0.670. The van der Waals surface area contributed by atoms with E-state index in [2.05, 4.69) is 28.8 Å². The van der Waals surface area contributed by atoms with Crippen LogP contribution in [0.2, 0.25) is 0 Å². The molecule has 262 valence electrons. The Kier molecular flexibility index (Phi) is 5.41. The molecule has 8 aromatic carbocycles. The second-order valence-corrected chi connectivity index (χ2v) is 13.2. The fraction of sp³-hybridized carbons (Fsp3) is 0. The van der Waals surface area contributed by atoms with Crippen LogP contribution in [0.4, 0.5) is 0 Å². The van der Waals surface area contributed by atoms with Crippen LogP contribution in [0.25, 0.3) is 106 Å². The highest BCUT2D eigenvalue weighted by molar-refractivity contribution is 6.16. The topological polar surface area (TPSA) is 56.7 Å². The molecule has 0 unspecified atom stereocenters. The zero-order valence-corrected chi connectivity index (χ0v) is 29.4. The largest absolute Gasteiger partial charge is 0.455 e. The number of rotatable bonds is 6. The van der Waals surface area contributed by atoms with Gasteiger partial charge in [-0.25, -0.2) is 15.0 Å². The SMILES string of the molecule is [2H]c1c([2H])c([2H])c(-c2cc(-c3c([2H])c([2H])c([2H])c([2H])c3[2H])c3oc4cccc(-c5nc(-c6ccccc6)nc(-c6ccccc6-n6c7ccccc7c7ccccc76)n5)c4c3c2)c([2H])c1[2H]. The van der Waals surface area contributed by atoms with Crippen LogP contribution in [0.3, 0.4) is 0 Å². The van der Waals surface area contributed by atoms with Gasteiger partial charge in [-0.1, -0.05) is 151 Å². The quantitative estimate of drug-likeness (QED) is 0.171. The van der Waals surface area contributed by atoms with Crippen LogP contribution in [-0.2, 0) is 0 Å². The fourth-order valence-electron chi connectivity index (χ4n) is 7.60. The Morgan fingerprint density at radius 1 is 0.429 bits per heavy atom. The molecule has 0 bridgehead atoms. The lowest BCUT2D eigenvalue weighted by Crippen LogP contribution is -2.03. The highest BCUT2D eigenvalue weighted by Gasteiger charge is 2.22. The summed E-state index contributed by atoms with van der Waals surface area (Å²) in [7, 11) is 0. The average molecular weight is 727 g/mol. The summed E-state index contributed by atoms with van der Waals surface area (Å²) in [5.41, 5.74) is 5.14. The van der Waals surface area contributed by atoms with Crippen LogP contribution in [0, 0.1) is 0 Å². The Balaban J connectivity index is 1.23. The molecule has 0 N–H and O–H groups in total. The third kappa shape index (κ3) is 5.21. The summed E-state index contributed by atoms with van der Waals surface area (Å²) in [6.07, 6.45) is 0. The Hall–Kier alpha value is -7.63. The molecule has 5 heteroatoms. The molecule has 11 rings (SSSR count). The fourth-order valence-corrected chi connectivity index (χ4v) is 7.60. The van der Waals surface area contributed by atoms with Crippen LogP contribution in [0.5, 0.6) is 0 Å². The molecular formula is C51H32N4O. The predicted molar refractivity (Wildman–Crippen MR) is 229 cm³/mol. The standard InChI is InChI=1S/C51H32N4O/c1-4-17-33(18-5-1)36-31-41(34-19-6-2-7-20-34)48-42(32-36)47-40(26-16-30-46(47)56-48)51-53-49(35-21-8-3-9-22-35)52-50(54-51)39-25-12-15-29-45(39)55-43-27-13-10-23-37(43)38-24-11-14-28-44(38)55/h1-32H/i1D,2D,4D,5D,6D,7D,17D,18D,19D,20D. The van der Waals surface area contributed by atoms with E-state index >= 15 is 0 Å². The molecule has 0 atom stereocenters. The van der Waals surface area contributed by atoms with Gasteiger partial charge in [-0.05, 0) is 59.2 Å². The van der Waals surface area contributed by atoms with Gasteiger partial charge in [-0.3, -0.25) is 0 Å². The first-order valence-electron chi connectivity index (χ1n) is 23.0. The summed E-state index contributed by atoms with van der Waals surface area (Å²) in [4.78, 5) is 15.4. The molecule has 0 aliphatic heterocycles. The van der Waals surface area contributed by atoms with Crippen molar-refractivity contribution in [3.8, 4) is 62.1 Å². The minimum absolute atomic E-state index is 0.0647. The lowest BCUT2D eigenvalue weighted by Gasteiger charge is -2.14. The van der Waals surface area contributed by atoms with Crippen LogP contribution in [0.1, 0.15) is 13.7 Å². The van der Waals surface area contributed by atoms with E-state index in [0.29, 0.717) is 33.6 Å². The van der Waals surface area contributed by atoms with Crippen molar-refractivity contribution in [2.75, 3.05) is 0 Å². The van der Waals surface area contributed by atoms with Crippen molar-refractivity contribution in [2.24, 2.45) is 0 Å². The molecule has 11 aromatic rings. The molecule has 0 radical (unpaired) electrons. The molecule has 0 saturated heterocycles. The molecular weight excluding hydrogens is 685 g/mol. The molecule has 0 amide bonds. The summed E-state index contributed by atoms with van der Waals surface area (Å²) in [6, 6.07) is 36.9. The second-order valence-electron chi connectivity index (χ2n) is 13.2. The van der Waals surface area contributed by atoms with Crippen molar-refractivity contribution in [2.45, 2.75) is 0 Å². The highest BCUT2D eigenvalue weighted by atomic mass is 16.3. The highest BCUT2D eigenvalue weighted by Crippen LogP contribution is 2.43. The number of benzene rings is 8. The van der Waals surface area contributed by atoms with Crippen LogP contribution >= 0.6 is 0 Å². The normalized spacial score (nSPS) is 14.1. The summed E-state index contributed by atoms with van der Waals surface area (Å²) in [6.45, 7) is 0. The van der Waals surface area contributed by atoms with E-state index in [-0.39, 0.29) is 33.7 Å². The second kappa shape index (κ2) is 13.0. The van der Waals surface area contributed by atoms with Gasteiger partial charge in [0.2, 0.25) is 0 Å². The van der Waals surface area contributed by atoms with E-state index in [9.17, 15) is 0 Å². The molecule has 3 aromatic heterocycles. The van der Waals surface area contributed by atoms with E-state index in [4.69, 9.17) is 33.1 Å². The maximum absolute atomic E-state index is 8.98. The van der Waals surface area contributed by atoms with Crippen molar-refractivity contribution >= 4 is 43.7 Å².